The highest BCUT2D eigenvalue weighted by Crippen LogP contribution is 2.13. The molecular weight excluding hydrogens is 254 g/mol. The van der Waals surface area contributed by atoms with E-state index >= 15 is 0 Å². The van der Waals surface area contributed by atoms with Crippen LogP contribution >= 0.6 is 11.6 Å². The average molecular weight is 266 g/mol. The highest BCUT2D eigenvalue weighted by atomic mass is 35.5. The fraction of sp³-hybridized carbons (Fsp3) is 0.167. The van der Waals surface area contributed by atoms with Gasteiger partial charge in [-0.15, -0.1) is 0 Å². The molecule has 0 aliphatic carbocycles. The largest absolute Gasteiger partial charge is 0.376 e. The molecular formula is C12H12ClN3O2. The monoisotopic (exact) mass is 265 g/mol. The number of nitrogens with one attached hydrogen (secondary N) is 2. The molecule has 0 saturated carbocycles. The molecule has 0 saturated heterocycles. The highest BCUT2D eigenvalue weighted by Gasteiger charge is 2.05. The Kier molecular flexibility index (Phi) is 3.84. The first kappa shape index (κ1) is 12.4. The third kappa shape index (κ3) is 3.49. The van der Waals surface area contributed by atoms with Crippen molar-refractivity contribution in [2.24, 2.45) is 0 Å². The summed E-state index contributed by atoms with van der Waals surface area (Å²) in [6.07, 6.45) is 0. The van der Waals surface area contributed by atoms with Gasteiger partial charge in [-0.2, -0.15) is 0 Å². The van der Waals surface area contributed by atoms with Crippen molar-refractivity contribution >= 4 is 29.0 Å². The zero-order valence-corrected chi connectivity index (χ0v) is 10.5. The van der Waals surface area contributed by atoms with Crippen LogP contribution in [0.15, 0.2) is 34.9 Å². The molecule has 0 atom stereocenters. The van der Waals surface area contributed by atoms with E-state index in [0.717, 1.165) is 5.69 Å². The van der Waals surface area contributed by atoms with Crippen molar-refractivity contribution in [3.63, 3.8) is 0 Å². The first-order valence-corrected chi connectivity index (χ1v) is 5.74. The van der Waals surface area contributed by atoms with Crippen LogP contribution in [0, 0.1) is 6.92 Å². The van der Waals surface area contributed by atoms with E-state index in [-0.39, 0.29) is 12.5 Å². The predicted molar refractivity (Wildman–Crippen MR) is 69.8 cm³/mol. The van der Waals surface area contributed by atoms with Crippen LogP contribution in [0.4, 0.5) is 11.5 Å². The SMILES string of the molecule is Cc1cc(NC(=O)CNc2ccc(Cl)cc2)no1. The molecule has 2 rings (SSSR count). The number of anilines is 2. The lowest BCUT2D eigenvalue weighted by Crippen LogP contribution is -2.21. The van der Waals surface area contributed by atoms with Gasteiger partial charge >= 0.3 is 0 Å². The topological polar surface area (TPSA) is 67.2 Å². The smallest absolute Gasteiger partial charge is 0.244 e. The molecule has 0 bridgehead atoms. The summed E-state index contributed by atoms with van der Waals surface area (Å²) in [6, 6.07) is 8.76. The normalized spacial score (nSPS) is 10.1. The molecule has 5 nitrogen and oxygen atoms in total. The average Bonchev–Trinajstić information content (AvgIpc) is 2.74. The number of aromatic nitrogens is 1. The second-order valence-electron chi connectivity index (χ2n) is 3.73. The molecule has 0 unspecified atom stereocenters. The number of benzene rings is 1. The summed E-state index contributed by atoms with van der Waals surface area (Å²) in [5.41, 5.74) is 0.825. The number of carbonyl (C=O) groups is 1. The molecule has 6 heteroatoms. The Morgan fingerprint density at radius 3 is 2.72 bits per heavy atom. The van der Waals surface area contributed by atoms with Gasteiger partial charge in [0.25, 0.3) is 0 Å². The van der Waals surface area contributed by atoms with Gasteiger partial charge in [0.2, 0.25) is 5.91 Å². The van der Waals surface area contributed by atoms with Gasteiger partial charge in [-0.3, -0.25) is 4.79 Å². The Morgan fingerprint density at radius 1 is 1.39 bits per heavy atom. The maximum Gasteiger partial charge on any atom is 0.244 e. The number of halogens is 1. The molecule has 18 heavy (non-hydrogen) atoms. The zero-order valence-electron chi connectivity index (χ0n) is 9.74. The lowest BCUT2D eigenvalue weighted by molar-refractivity contribution is -0.114. The van der Waals surface area contributed by atoms with Crippen molar-refractivity contribution < 1.29 is 9.32 Å². The van der Waals surface area contributed by atoms with Gasteiger partial charge in [-0.05, 0) is 31.2 Å². The molecule has 1 aromatic carbocycles. The van der Waals surface area contributed by atoms with Gasteiger partial charge in [0.15, 0.2) is 5.82 Å². The number of aryl methyl sites for hydroxylation is 1. The molecule has 0 radical (unpaired) electrons. The summed E-state index contributed by atoms with van der Waals surface area (Å²) in [4.78, 5) is 11.6. The van der Waals surface area contributed by atoms with Crippen LogP contribution in [0.2, 0.25) is 5.02 Å². The van der Waals surface area contributed by atoms with Gasteiger partial charge < -0.3 is 15.2 Å². The molecule has 2 N–H and O–H groups in total. The molecule has 1 amide bonds. The standard InChI is InChI=1S/C12H12ClN3O2/c1-8-6-11(16-18-8)15-12(17)7-14-10-4-2-9(13)3-5-10/h2-6,14H,7H2,1H3,(H,15,16,17). The van der Waals surface area contributed by atoms with E-state index in [1.54, 1.807) is 37.3 Å². The Morgan fingerprint density at radius 2 is 2.11 bits per heavy atom. The van der Waals surface area contributed by atoms with Gasteiger partial charge in [0, 0.05) is 16.8 Å². The van der Waals surface area contributed by atoms with Crippen LogP contribution < -0.4 is 10.6 Å². The number of hydrogen-bond acceptors (Lipinski definition) is 4. The fourth-order valence-electron chi connectivity index (χ4n) is 1.36. The number of carbonyl (C=O) groups excluding carboxylic acids is 1. The fourth-order valence-corrected chi connectivity index (χ4v) is 1.49. The summed E-state index contributed by atoms with van der Waals surface area (Å²) < 4.78 is 4.84. The third-order valence-corrected chi connectivity index (χ3v) is 2.44. The molecule has 0 aliphatic heterocycles. The highest BCUT2D eigenvalue weighted by molar-refractivity contribution is 6.30. The zero-order chi connectivity index (χ0) is 13.0. The molecule has 2 aromatic rings. The van der Waals surface area contributed by atoms with Crippen LogP contribution in [-0.4, -0.2) is 17.6 Å². The Balaban J connectivity index is 1.83. The van der Waals surface area contributed by atoms with Crippen LogP contribution in [0.25, 0.3) is 0 Å². The number of rotatable bonds is 4. The quantitative estimate of drug-likeness (QED) is 0.892. The molecule has 94 valence electrons. The van der Waals surface area contributed by atoms with Crippen LogP contribution in [-0.2, 0) is 4.79 Å². The van der Waals surface area contributed by atoms with Crippen molar-refractivity contribution in [2.45, 2.75) is 6.92 Å². The van der Waals surface area contributed by atoms with Gasteiger partial charge in [0.1, 0.15) is 5.76 Å². The first-order valence-electron chi connectivity index (χ1n) is 5.36. The number of hydrogen-bond donors (Lipinski definition) is 2. The maximum absolute atomic E-state index is 11.6. The van der Waals surface area contributed by atoms with E-state index in [4.69, 9.17) is 16.1 Å². The Bertz CT molecular complexity index is 537. The third-order valence-electron chi connectivity index (χ3n) is 2.19. The van der Waals surface area contributed by atoms with E-state index in [2.05, 4.69) is 15.8 Å². The van der Waals surface area contributed by atoms with Crippen molar-refractivity contribution in [3.05, 3.63) is 41.1 Å². The second-order valence-corrected chi connectivity index (χ2v) is 4.17. The number of nitrogens with zero attached hydrogens (tertiary/aromatic N) is 1. The van der Waals surface area contributed by atoms with Gasteiger partial charge in [0.05, 0.1) is 6.54 Å². The van der Waals surface area contributed by atoms with Crippen LogP contribution in [0.1, 0.15) is 5.76 Å². The molecule has 1 heterocycles. The van der Waals surface area contributed by atoms with Crippen LogP contribution in [0.3, 0.4) is 0 Å². The van der Waals surface area contributed by atoms with Crippen molar-refractivity contribution in [1.82, 2.24) is 5.16 Å². The Labute approximate surface area is 109 Å². The lowest BCUT2D eigenvalue weighted by Gasteiger charge is -2.05. The van der Waals surface area contributed by atoms with Crippen LogP contribution in [0.5, 0.6) is 0 Å². The predicted octanol–water partition coefficient (Wildman–Crippen LogP) is 2.69. The van der Waals surface area contributed by atoms with Gasteiger partial charge in [-0.25, -0.2) is 0 Å². The van der Waals surface area contributed by atoms with Crippen molar-refractivity contribution in [2.75, 3.05) is 17.2 Å². The maximum atomic E-state index is 11.6. The van der Waals surface area contributed by atoms with E-state index in [1.165, 1.54) is 0 Å². The lowest BCUT2D eigenvalue weighted by atomic mass is 10.3. The minimum Gasteiger partial charge on any atom is -0.376 e. The van der Waals surface area contributed by atoms with E-state index < -0.39 is 0 Å². The van der Waals surface area contributed by atoms with E-state index in [1.807, 2.05) is 0 Å². The molecule has 1 aromatic heterocycles. The molecule has 0 spiro atoms. The van der Waals surface area contributed by atoms with Crippen molar-refractivity contribution in [1.29, 1.82) is 0 Å². The van der Waals surface area contributed by atoms with E-state index in [0.29, 0.717) is 16.6 Å². The molecule has 0 fully saturated rings. The summed E-state index contributed by atoms with van der Waals surface area (Å²) in [5, 5.41) is 9.91. The Hall–Kier alpha value is -2.01. The first-order chi connectivity index (χ1) is 8.63. The second kappa shape index (κ2) is 5.55. The van der Waals surface area contributed by atoms with Crippen molar-refractivity contribution in [3.8, 4) is 0 Å². The minimum atomic E-state index is -0.196. The number of amides is 1. The summed E-state index contributed by atoms with van der Waals surface area (Å²) in [6.45, 7) is 1.90. The minimum absolute atomic E-state index is 0.146. The summed E-state index contributed by atoms with van der Waals surface area (Å²) in [5.74, 6) is 0.865. The van der Waals surface area contributed by atoms with E-state index in [9.17, 15) is 4.79 Å². The molecule has 0 aliphatic rings. The summed E-state index contributed by atoms with van der Waals surface area (Å²) in [7, 11) is 0. The summed E-state index contributed by atoms with van der Waals surface area (Å²) >= 11 is 5.76. The van der Waals surface area contributed by atoms with Gasteiger partial charge in [-0.1, -0.05) is 16.8 Å².